The zero-order chi connectivity index (χ0) is 13.0. The molecule has 0 aliphatic carbocycles. The number of rotatable bonds is 4. The van der Waals surface area contributed by atoms with Crippen molar-refractivity contribution in [2.24, 2.45) is 5.73 Å². The molecule has 0 aliphatic heterocycles. The minimum absolute atomic E-state index is 0.118. The third-order valence-electron chi connectivity index (χ3n) is 2.51. The summed E-state index contributed by atoms with van der Waals surface area (Å²) in [5, 5.41) is 9.53. The standard InChI is InChI=1S/C11H15N3O2S/c1-7(5-10(12)17)14(2)11(16)8-3-4-13-6-9(8)15/h3-4,6-7,15H,5H2,1-2H3,(H2,12,17). The van der Waals surface area contributed by atoms with Crippen molar-refractivity contribution in [2.75, 3.05) is 7.05 Å². The van der Waals surface area contributed by atoms with Crippen LogP contribution in [0.1, 0.15) is 23.7 Å². The van der Waals surface area contributed by atoms with Gasteiger partial charge in [0, 0.05) is 25.7 Å². The number of carbonyl (C=O) groups is 1. The number of nitrogens with two attached hydrogens (primary N) is 1. The zero-order valence-electron chi connectivity index (χ0n) is 9.75. The molecule has 1 unspecified atom stereocenters. The van der Waals surface area contributed by atoms with E-state index in [1.54, 1.807) is 7.05 Å². The lowest BCUT2D eigenvalue weighted by atomic mass is 10.1. The number of aromatic nitrogens is 1. The summed E-state index contributed by atoms with van der Waals surface area (Å²) in [6, 6.07) is 1.36. The SMILES string of the molecule is CC(CC(N)=S)N(C)C(=O)c1ccncc1O. The van der Waals surface area contributed by atoms with Gasteiger partial charge in [-0.15, -0.1) is 0 Å². The van der Waals surface area contributed by atoms with Gasteiger partial charge in [0.1, 0.15) is 5.75 Å². The van der Waals surface area contributed by atoms with Crippen LogP contribution in [0.5, 0.6) is 5.75 Å². The Kier molecular flexibility index (Phi) is 4.39. The molecule has 1 aromatic rings. The molecule has 5 nitrogen and oxygen atoms in total. The van der Waals surface area contributed by atoms with E-state index in [2.05, 4.69) is 4.98 Å². The Bertz CT molecular complexity index is 436. The van der Waals surface area contributed by atoms with Gasteiger partial charge in [-0.05, 0) is 13.0 Å². The smallest absolute Gasteiger partial charge is 0.257 e. The molecule has 0 fully saturated rings. The average molecular weight is 253 g/mol. The second kappa shape index (κ2) is 5.58. The van der Waals surface area contributed by atoms with Gasteiger partial charge in [0.25, 0.3) is 5.91 Å². The van der Waals surface area contributed by atoms with E-state index in [1.807, 2.05) is 6.92 Å². The molecule has 0 aliphatic rings. The van der Waals surface area contributed by atoms with Gasteiger partial charge in [0.15, 0.2) is 0 Å². The van der Waals surface area contributed by atoms with Crippen molar-refractivity contribution in [3.8, 4) is 5.75 Å². The molecule has 0 aromatic carbocycles. The molecule has 1 amide bonds. The van der Waals surface area contributed by atoms with E-state index >= 15 is 0 Å². The zero-order valence-corrected chi connectivity index (χ0v) is 10.6. The van der Waals surface area contributed by atoms with Gasteiger partial charge in [0.2, 0.25) is 0 Å². The fourth-order valence-corrected chi connectivity index (χ4v) is 1.63. The van der Waals surface area contributed by atoms with Gasteiger partial charge in [-0.2, -0.15) is 0 Å². The van der Waals surface area contributed by atoms with E-state index < -0.39 is 0 Å². The van der Waals surface area contributed by atoms with E-state index in [9.17, 15) is 9.90 Å². The van der Waals surface area contributed by atoms with E-state index in [-0.39, 0.29) is 23.3 Å². The normalized spacial score (nSPS) is 11.9. The summed E-state index contributed by atoms with van der Waals surface area (Å²) in [7, 11) is 1.64. The number of nitrogens with zero attached hydrogens (tertiary/aromatic N) is 2. The Hall–Kier alpha value is -1.69. The summed E-state index contributed by atoms with van der Waals surface area (Å²) in [5.74, 6) is -0.416. The first-order valence-corrected chi connectivity index (χ1v) is 5.52. The summed E-state index contributed by atoms with van der Waals surface area (Å²) in [6.45, 7) is 1.84. The van der Waals surface area contributed by atoms with Crippen molar-refractivity contribution >= 4 is 23.1 Å². The third kappa shape index (κ3) is 3.39. The Morgan fingerprint density at radius 3 is 2.88 bits per heavy atom. The molecule has 0 spiro atoms. The highest BCUT2D eigenvalue weighted by Crippen LogP contribution is 2.17. The minimum Gasteiger partial charge on any atom is -0.505 e. The summed E-state index contributed by atoms with van der Waals surface area (Å²) in [5.41, 5.74) is 5.65. The first kappa shape index (κ1) is 13.4. The predicted octanol–water partition coefficient (Wildman–Crippen LogP) is 0.924. The van der Waals surface area contributed by atoms with Crippen LogP contribution in [0.3, 0.4) is 0 Å². The number of hydrogen-bond donors (Lipinski definition) is 2. The molecule has 0 saturated heterocycles. The molecular weight excluding hydrogens is 238 g/mol. The predicted molar refractivity (Wildman–Crippen MR) is 68.9 cm³/mol. The number of pyridine rings is 1. The Labute approximate surface area is 105 Å². The monoisotopic (exact) mass is 253 g/mol. The fraction of sp³-hybridized carbons (Fsp3) is 0.364. The highest BCUT2D eigenvalue weighted by atomic mass is 32.1. The number of amides is 1. The fourth-order valence-electron chi connectivity index (χ4n) is 1.39. The maximum absolute atomic E-state index is 12.0. The molecule has 92 valence electrons. The van der Waals surface area contributed by atoms with Crippen molar-refractivity contribution in [1.82, 2.24) is 9.88 Å². The molecule has 1 aromatic heterocycles. The summed E-state index contributed by atoms with van der Waals surface area (Å²) in [6.07, 6.45) is 3.14. The van der Waals surface area contributed by atoms with E-state index in [1.165, 1.54) is 23.4 Å². The van der Waals surface area contributed by atoms with E-state index in [0.717, 1.165) is 0 Å². The first-order chi connectivity index (χ1) is 7.93. The molecule has 6 heteroatoms. The van der Waals surface area contributed by atoms with Crippen molar-refractivity contribution in [2.45, 2.75) is 19.4 Å². The molecule has 3 N–H and O–H groups in total. The summed E-state index contributed by atoms with van der Waals surface area (Å²) < 4.78 is 0. The average Bonchev–Trinajstić information content (AvgIpc) is 2.27. The number of aromatic hydroxyl groups is 1. The maximum Gasteiger partial charge on any atom is 0.257 e. The van der Waals surface area contributed by atoms with Gasteiger partial charge in [-0.1, -0.05) is 12.2 Å². The van der Waals surface area contributed by atoms with E-state index in [4.69, 9.17) is 18.0 Å². The van der Waals surface area contributed by atoms with Gasteiger partial charge in [-0.25, -0.2) is 0 Å². The van der Waals surface area contributed by atoms with Gasteiger partial charge >= 0.3 is 0 Å². The molecule has 0 saturated carbocycles. The minimum atomic E-state index is -0.284. The van der Waals surface area contributed by atoms with Crippen molar-refractivity contribution in [3.63, 3.8) is 0 Å². The molecule has 17 heavy (non-hydrogen) atoms. The van der Waals surface area contributed by atoms with Crippen LogP contribution in [0.15, 0.2) is 18.5 Å². The highest BCUT2D eigenvalue weighted by molar-refractivity contribution is 7.80. The van der Waals surface area contributed by atoms with Gasteiger partial charge < -0.3 is 15.7 Å². The number of hydrogen-bond acceptors (Lipinski definition) is 4. The van der Waals surface area contributed by atoms with Crippen molar-refractivity contribution < 1.29 is 9.90 Å². The molecule has 1 heterocycles. The Morgan fingerprint density at radius 2 is 2.35 bits per heavy atom. The topological polar surface area (TPSA) is 79.5 Å². The summed E-state index contributed by atoms with van der Waals surface area (Å²) >= 11 is 4.80. The number of carbonyl (C=O) groups excluding carboxylic acids is 1. The summed E-state index contributed by atoms with van der Waals surface area (Å²) in [4.78, 5) is 17.6. The van der Waals surface area contributed by atoms with E-state index in [0.29, 0.717) is 11.4 Å². The maximum atomic E-state index is 12.0. The van der Waals surface area contributed by atoms with Crippen LogP contribution >= 0.6 is 12.2 Å². The Morgan fingerprint density at radius 1 is 1.71 bits per heavy atom. The number of thiocarbonyl (C=S) groups is 1. The Balaban J connectivity index is 2.83. The van der Waals surface area contributed by atoms with Crippen LogP contribution in [-0.4, -0.2) is 39.0 Å². The first-order valence-electron chi connectivity index (χ1n) is 5.12. The van der Waals surface area contributed by atoms with Gasteiger partial charge in [-0.3, -0.25) is 9.78 Å². The van der Waals surface area contributed by atoms with Crippen LogP contribution in [-0.2, 0) is 0 Å². The van der Waals surface area contributed by atoms with Crippen LogP contribution in [0.2, 0.25) is 0 Å². The second-order valence-electron chi connectivity index (χ2n) is 3.83. The van der Waals surface area contributed by atoms with Crippen LogP contribution in [0.25, 0.3) is 0 Å². The lowest BCUT2D eigenvalue weighted by Crippen LogP contribution is -2.37. The molecule has 0 radical (unpaired) electrons. The lowest BCUT2D eigenvalue weighted by molar-refractivity contribution is 0.0745. The van der Waals surface area contributed by atoms with Crippen LogP contribution in [0.4, 0.5) is 0 Å². The van der Waals surface area contributed by atoms with Gasteiger partial charge in [0.05, 0.1) is 16.7 Å². The van der Waals surface area contributed by atoms with Crippen LogP contribution in [0, 0.1) is 0 Å². The molecular formula is C11H15N3O2S. The lowest BCUT2D eigenvalue weighted by Gasteiger charge is -2.24. The molecule has 1 rings (SSSR count). The molecule has 0 bridgehead atoms. The molecule has 1 atom stereocenters. The van der Waals surface area contributed by atoms with Crippen molar-refractivity contribution in [3.05, 3.63) is 24.0 Å². The third-order valence-corrected chi connectivity index (χ3v) is 2.68. The second-order valence-corrected chi connectivity index (χ2v) is 4.35. The largest absolute Gasteiger partial charge is 0.505 e. The highest BCUT2D eigenvalue weighted by Gasteiger charge is 2.20. The van der Waals surface area contributed by atoms with Crippen molar-refractivity contribution in [1.29, 1.82) is 0 Å². The van der Waals surface area contributed by atoms with Crippen LogP contribution < -0.4 is 5.73 Å². The quantitative estimate of drug-likeness (QED) is 0.780.